The first-order valence-electron chi connectivity index (χ1n) is 4.52. The molecule has 0 radical (unpaired) electrons. The second-order valence-electron chi connectivity index (χ2n) is 2.72. The van der Waals surface area contributed by atoms with E-state index in [2.05, 4.69) is 9.97 Å². The van der Waals surface area contributed by atoms with Crippen LogP contribution in [0.15, 0.2) is 11.4 Å². The van der Waals surface area contributed by atoms with Crippen LogP contribution in [0.1, 0.15) is 19.0 Å². The number of aromatic nitrogens is 2. The average Bonchev–Trinajstić information content (AvgIpc) is 2.21. The highest BCUT2D eigenvalue weighted by Gasteiger charge is 2.09. The maximum atomic E-state index is 13.5. The van der Waals surface area contributed by atoms with Gasteiger partial charge in [0.15, 0.2) is 5.82 Å². The Morgan fingerprint density at radius 3 is 2.93 bits per heavy atom. The van der Waals surface area contributed by atoms with E-state index in [1.807, 2.05) is 6.92 Å². The van der Waals surface area contributed by atoms with Gasteiger partial charge >= 0.3 is 0 Å². The standard InChI is InChI=1S/C9H13FN2OS/c1-2-7-8(10)9(12-6-11-7)14-5-3-4-13/h6,13H,2-5H2,1H3. The third kappa shape index (κ3) is 2.92. The number of hydrogen-bond acceptors (Lipinski definition) is 4. The molecule has 0 unspecified atom stereocenters. The normalized spacial score (nSPS) is 10.5. The van der Waals surface area contributed by atoms with E-state index in [9.17, 15) is 4.39 Å². The molecule has 0 fully saturated rings. The Bertz CT molecular complexity index is 296. The summed E-state index contributed by atoms with van der Waals surface area (Å²) in [5.74, 6) is 0.353. The van der Waals surface area contributed by atoms with Gasteiger partial charge in [0.1, 0.15) is 11.4 Å². The predicted octanol–water partition coefficient (Wildman–Crippen LogP) is 1.65. The van der Waals surface area contributed by atoms with Crippen LogP contribution in [0.5, 0.6) is 0 Å². The Labute approximate surface area is 86.8 Å². The lowest BCUT2D eigenvalue weighted by molar-refractivity contribution is 0.296. The molecule has 3 nitrogen and oxygen atoms in total. The van der Waals surface area contributed by atoms with Crippen molar-refractivity contribution < 1.29 is 9.50 Å². The largest absolute Gasteiger partial charge is 0.396 e. The van der Waals surface area contributed by atoms with Crippen LogP contribution in [0.4, 0.5) is 4.39 Å². The minimum Gasteiger partial charge on any atom is -0.396 e. The van der Waals surface area contributed by atoms with Crippen molar-refractivity contribution in [2.24, 2.45) is 0 Å². The molecule has 0 aliphatic rings. The van der Waals surface area contributed by atoms with Crippen LogP contribution in [0.3, 0.4) is 0 Å². The third-order valence-corrected chi connectivity index (χ3v) is 2.76. The molecule has 0 bridgehead atoms. The van der Waals surface area contributed by atoms with Gasteiger partial charge in [-0.1, -0.05) is 6.92 Å². The maximum Gasteiger partial charge on any atom is 0.176 e. The molecule has 14 heavy (non-hydrogen) atoms. The number of aliphatic hydroxyl groups excluding tert-OH is 1. The van der Waals surface area contributed by atoms with Crippen molar-refractivity contribution in [2.45, 2.75) is 24.8 Å². The van der Waals surface area contributed by atoms with Crippen molar-refractivity contribution in [3.63, 3.8) is 0 Å². The van der Waals surface area contributed by atoms with Gasteiger partial charge in [0, 0.05) is 12.4 Å². The van der Waals surface area contributed by atoms with Crippen molar-refractivity contribution in [3.05, 3.63) is 17.8 Å². The second kappa shape index (κ2) is 5.93. The topological polar surface area (TPSA) is 46.0 Å². The number of thioether (sulfide) groups is 1. The molecule has 0 amide bonds. The molecule has 1 N–H and O–H groups in total. The Morgan fingerprint density at radius 2 is 2.29 bits per heavy atom. The van der Waals surface area contributed by atoms with Crippen LogP contribution >= 0.6 is 11.8 Å². The van der Waals surface area contributed by atoms with Gasteiger partial charge < -0.3 is 5.11 Å². The smallest absolute Gasteiger partial charge is 0.176 e. The Balaban J connectivity index is 2.66. The first-order valence-corrected chi connectivity index (χ1v) is 5.51. The van der Waals surface area contributed by atoms with Gasteiger partial charge in [-0.25, -0.2) is 14.4 Å². The monoisotopic (exact) mass is 216 g/mol. The highest BCUT2D eigenvalue weighted by atomic mass is 32.2. The Kier molecular flexibility index (Phi) is 4.82. The van der Waals surface area contributed by atoms with E-state index in [0.29, 0.717) is 29.3 Å². The maximum absolute atomic E-state index is 13.5. The number of halogens is 1. The summed E-state index contributed by atoms with van der Waals surface area (Å²) in [6.07, 6.45) is 2.60. The van der Waals surface area contributed by atoms with Gasteiger partial charge in [-0.05, 0) is 12.8 Å². The first kappa shape index (κ1) is 11.4. The van der Waals surface area contributed by atoms with Crippen molar-refractivity contribution in [1.29, 1.82) is 0 Å². The van der Waals surface area contributed by atoms with Crippen LogP contribution < -0.4 is 0 Å². The van der Waals surface area contributed by atoms with E-state index < -0.39 is 0 Å². The summed E-state index contributed by atoms with van der Waals surface area (Å²) in [6, 6.07) is 0. The highest BCUT2D eigenvalue weighted by molar-refractivity contribution is 7.99. The molecular formula is C9H13FN2OS. The summed E-state index contributed by atoms with van der Waals surface area (Å²) >= 11 is 1.32. The van der Waals surface area contributed by atoms with Crippen LogP contribution in [0.2, 0.25) is 0 Å². The zero-order valence-electron chi connectivity index (χ0n) is 8.03. The molecule has 0 saturated heterocycles. The Hall–Kier alpha value is -0.680. The molecule has 78 valence electrons. The minimum atomic E-state index is -0.321. The molecule has 0 saturated carbocycles. The van der Waals surface area contributed by atoms with E-state index >= 15 is 0 Å². The van der Waals surface area contributed by atoms with E-state index in [1.54, 1.807) is 0 Å². The van der Waals surface area contributed by atoms with Crippen molar-refractivity contribution in [2.75, 3.05) is 12.4 Å². The number of hydrogen-bond donors (Lipinski definition) is 1. The summed E-state index contributed by atoms with van der Waals surface area (Å²) < 4.78 is 13.5. The summed E-state index contributed by atoms with van der Waals surface area (Å²) in [7, 11) is 0. The van der Waals surface area contributed by atoms with Crippen LogP contribution in [-0.2, 0) is 6.42 Å². The van der Waals surface area contributed by atoms with E-state index in [-0.39, 0.29) is 12.4 Å². The van der Waals surface area contributed by atoms with Crippen molar-refractivity contribution in [1.82, 2.24) is 9.97 Å². The average molecular weight is 216 g/mol. The quantitative estimate of drug-likeness (QED) is 0.462. The lowest BCUT2D eigenvalue weighted by atomic mass is 10.3. The molecule has 1 aromatic rings. The van der Waals surface area contributed by atoms with Crippen molar-refractivity contribution in [3.8, 4) is 0 Å². The van der Waals surface area contributed by atoms with Crippen LogP contribution in [0.25, 0.3) is 0 Å². The summed E-state index contributed by atoms with van der Waals surface area (Å²) in [5, 5.41) is 8.95. The Morgan fingerprint density at radius 1 is 1.50 bits per heavy atom. The van der Waals surface area contributed by atoms with Crippen molar-refractivity contribution >= 4 is 11.8 Å². The second-order valence-corrected chi connectivity index (χ2v) is 3.80. The fraction of sp³-hybridized carbons (Fsp3) is 0.556. The van der Waals surface area contributed by atoms with Gasteiger partial charge in [0.05, 0.1) is 5.69 Å². The number of aliphatic hydroxyl groups is 1. The third-order valence-electron chi connectivity index (χ3n) is 1.71. The molecule has 1 aromatic heterocycles. The van der Waals surface area contributed by atoms with Gasteiger partial charge in [-0.2, -0.15) is 0 Å². The number of aryl methyl sites for hydroxylation is 1. The molecule has 0 aromatic carbocycles. The lowest BCUT2D eigenvalue weighted by Crippen LogP contribution is -1.98. The van der Waals surface area contributed by atoms with Crippen LogP contribution in [-0.4, -0.2) is 27.4 Å². The van der Waals surface area contributed by atoms with E-state index in [1.165, 1.54) is 18.1 Å². The molecule has 5 heteroatoms. The summed E-state index contributed by atoms with van der Waals surface area (Å²) in [6.45, 7) is 1.98. The summed E-state index contributed by atoms with van der Waals surface area (Å²) in [5.41, 5.74) is 0.450. The molecule has 0 spiro atoms. The van der Waals surface area contributed by atoms with Gasteiger partial charge in [-0.15, -0.1) is 11.8 Å². The van der Waals surface area contributed by atoms with Crippen LogP contribution in [0, 0.1) is 5.82 Å². The zero-order chi connectivity index (χ0) is 10.4. The fourth-order valence-corrected chi connectivity index (χ4v) is 1.80. The fourth-order valence-electron chi connectivity index (χ4n) is 0.968. The number of nitrogens with zero attached hydrogens (tertiary/aromatic N) is 2. The van der Waals surface area contributed by atoms with Gasteiger partial charge in [0.25, 0.3) is 0 Å². The molecule has 0 aliphatic heterocycles. The number of rotatable bonds is 5. The molecule has 0 atom stereocenters. The first-order chi connectivity index (χ1) is 6.79. The zero-order valence-corrected chi connectivity index (χ0v) is 8.85. The van der Waals surface area contributed by atoms with E-state index in [4.69, 9.17) is 5.11 Å². The lowest BCUT2D eigenvalue weighted by Gasteiger charge is -2.03. The van der Waals surface area contributed by atoms with E-state index in [0.717, 1.165) is 0 Å². The SMILES string of the molecule is CCc1ncnc(SCCCO)c1F. The molecule has 1 heterocycles. The summed E-state index contributed by atoms with van der Waals surface area (Å²) in [4.78, 5) is 7.69. The van der Waals surface area contributed by atoms with Gasteiger partial charge in [-0.3, -0.25) is 0 Å². The molecular weight excluding hydrogens is 203 g/mol. The van der Waals surface area contributed by atoms with Gasteiger partial charge in [0.2, 0.25) is 0 Å². The minimum absolute atomic E-state index is 0.125. The molecule has 1 rings (SSSR count). The predicted molar refractivity (Wildman–Crippen MR) is 53.8 cm³/mol. The molecule has 0 aliphatic carbocycles. The highest BCUT2D eigenvalue weighted by Crippen LogP contribution is 2.20.